The van der Waals surface area contributed by atoms with Crippen LogP contribution in [-0.2, 0) is 16.3 Å². The summed E-state index contributed by atoms with van der Waals surface area (Å²) >= 11 is 0. The van der Waals surface area contributed by atoms with Gasteiger partial charge >= 0.3 is 0 Å². The van der Waals surface area contributed by atoms with Gasteiger partial charge in [-0.1, -0.05) is 30.3 Å². The van der Waals surface area contributed by atoms with E-state index in [4.69, 9.17) is 0 Å². The van der Waals surface area contributed by atoms with Crippen LogP contribution in [0.1, 0.15) is 18.1 Å². The molecule has 0 saturated carbocycles. The fraction of sp³-hybridized carbons (Fsp3) is 0.318. The molecule has 30 heavy (non-hydrogen) atoms. The summed E-state index contributed by atoms with van der Waals surface area (Å²) in [6, 6.07) is 11.6. The topological polar surface area (TPSA) is 86.3 Å². The number of nitrogens with one attached hydrogen (secondary N) is 3. The van der Waals surface area contributed by atoms with E-state index < -0.39 is 15.7 Å². The standard InChI is InChI=1S/C22H27FN4O2S/c1-3-24-22(26-13-14-30(28,29)20-10-5-4-9-19(20)23)25-12-11-17-15-27-21-16(2)7-6-8-18(17)21/h4-10,15,27H,3,11-14H2,1-2H3,(H2,24,25,26). The second-order valence-corrected chi connectivity index (χ2v) is 9.08. The molecule has 160 valence electrons. The molecule has 0 aliphatic carbocycles. The average molecular weight is 431 g/mol. The zero-order chi connectivity index (χ0) is 21.6. The number of H-pyrrole nitrogens is 1. The third-order valence-corrected chi connectivity index (χ3v) is 6.56. The molecule has 0 fully saturated rings. The number of sulfone groups is 1. The zero-order valence-corrected chi connectivity index (χ0v) is 18.0. The third-order valence-electron chi connectivity index (χ3n) is 4.84. The number of fused-ring (bicyclic) bond motifs is 1. The highest BCUT2D eigenvalue weighted by Crippen LogP contribution is 2.21. The summed E-state index contributed by atoms with van der Waals surface area (Å²) in [7, 11) is -3.73. The van der Waals surface area contributed by atoms with Gasteiger partial charge in [-0.2, -0.15) is 0 Å². The maximum atomic E-state index is 13.8. The van der Waals surface area contributed by atoms with Gasteiger partial charge in [-0.05, 0) is 43.5 Å². The van der Waals surface area contributed by atoms with Gasteiger partial charge < -0.3 is 15.6 Å². The van der Waals surface area contributed by atoms with Crippen LogP contribution < -0.4 is 10.6 Å². The van der Waals surface area contributed by atoms with Gasteiger partial charge in [0.2, 0.25) is 0 Å². The van der Waals surface area contributed by atoms with E-state index in [1.54, 1.807) is 0 Å². The maximum Gasteiger partial charge on any atom is 0.191 e. The Morgan fingerprint density at radius 1 is 1.13 bits per heavy atom. The van der Waals surface area contributed by atoms with Crippen LogP contribution in [0.3, 0.4) is 0 Å². The Labute approximate surface area is 176 Å². The third kappa shape index (κ3) is 5.18. The van der Waals surface area contributed by atoms with Gasteiger partial charge in [0, 0.05) is 30.2 Å². The molecule has 3 aromatic rings. The van der Waals surface area contributed by atoms with Crippen molar-refractivity contribution in [3.8, 4) is 0 Å². The van der Waals surface area contributed by atoms with Crippen molar-refractivity contribution in [1.29, 1.82) is 0 Å². The summed E-state index contributed by atoms with van der Waals surface area (Å²) in [6.07, 6.45) is 2.81. The molecule has 0 aliphatic heterocycles. The highest BCUT2D eigenvalue weighted by Gasteiger charge is 2.18. The minimum atomic E-state index is -3.73. The molecule has 0 radical (unpaired) electrons. The van der Waals surface area contributed by atoms with Crippen molar-refractivity contribution >= 4 is 26.7 Å². The molecule has 6 nitrogen and oxygen atoms in total. The summed E-state index contributed by atoms with van der Waals surface area (Å²) in [4.78, 5) is 7.37. The Kier molecular flexibility index (Phi) is 7.10. The number of hydrogen-bond donors (Lipinski definition) is 3. The highest BCUT2D eigenvalue weighted by molar-refractivity contribution is 7.91. The molecule has 3 N–H and O–H groups in total. The molecular formula is C22H27FN4O2S. The molecule has 1 heterocycles. The minimum absolute atomic E-state index is 0.0400. The molecule has 2 aromatic carbocycles. The first-order valence-electron chi connectivity index (χ1n) is 9.97. The van der Waals surface area contributed by atoms with E-state index in [0.29, 0.717) is 19.0 Å². The quantitative estimate of drug-likeness (QED) is 0.378. The number of rotatable bonds is 8. The summed E-state index contributed by atoms with van der Waals surface area (Å²) in [5.74, 6) is -0.454. The van der Waals surface area contributed by atoms with Gasteiger partial charge in [-0.15, -0.1) is 0 Å². The predicted octanol–water partition coefficient (Wildman–Crippen LogP) is 3.19. The van der Waals surface area contributed by atoms with Gasteiger partial charge in [0.05, 0.1) is 12.3 Å². The maximum absolute atomic E-state index is 13.8. The summed E-state index contributed by atoms with van der Waals surface area (Å²) < 4.78 is 38.5. The lowest BCUT2D eigenvalue weighted by Crippen LogP contribution is -2.38. The van der Waals surface area contributed by atoms with Crippen LogP contribution in [0.4, 0.5) is 4.39 Å². The van der Waals surface area contributed by atoms with E-state index in [-0.39, 0.29) is 17.2 Å². The van der Waals surface area contributed by atoms with E-state index >= 15 is 0 Å². The molecule has 0 unspecified atom stereocenters. The van der Waals surface area contributed by atoms with E-state index in [9.17, 15) is 12.8 Å². The second-order valence-electron chi connectivity index (χ2n) is 7.00. The first-order valence-corrected chi connectivity index (χ1v) is 11.6. The Morgan fingerprint density at radius 3 is 2.70 bits per heavy atom. The Bertz CT molecular complexity index is 1140. The van der Waals surface area contributed by atoms with Crippen LogP contribution in [-0.4, -0.2) is 44.7 Å². The van der Waals surface area contributed by atoms with Gasteiger partial charge in [-0.25, -0.2) is 12.8 Å². The van der Waals surface area contributed by atoms with E-state index in [1.807, 2.05) is 19.2 Å². The number of para-hydroxylation sites is 1. The number of benzene rings is 2. The van der Waals surface area contributed by atoms with Crippen LogP contribution in [0.25, 0.3) is 10.9 Å². The lowest BCUT2D eigenvalue weighted by atomic mass is 10.1. The lowest BCUT2D eigenvalue weighted by molar-refractivity contribution is 0.567. The van der Waals surface area contributed by atoms with Gasteiger partial charge in [0.1, 0.15) is 10.7 Å². The summed E-state index contributed by atoms with van der Waals surface area (Å²) in [5.41, 5.74) is 3.56. The Morgan fingerprint density at radius 2 is 1.93 bits per heavy atom. The van der Waals surface area contributed by atoms with Crippen molar-refractivity contribution in [2.24, 2.45) is 4.99 Å². The van der Waals surface area contributed by atoms with Crippen LogP contribution in [0.2, 0.25) is 0 Å². The van der Waals surface area contributed by atoms with Crippen LogP contribution in [0.5, 0.6) is 0 Å². The van der Waals surface area contributed by atoms with E-state index in [2.05, 4.69) is 39.7 Å². The molecule has 8 heteroatoms. The fourth-order valence-corrected chi connectivity index (χ4v) is 4.52. The zero-order valence-electron chi connectivity index (χ0n) is 17.2. The van der Waals surface area contributed by atoms with Gasteiger partial charge in [0.15, 0.2) is 15.8 Å². The lowest BCUT2D eigenvalue weighted by Gasteiger charge is -2.11. The van der Waals surface area contributed by atoms with Crippen molar-refractivity contribution < 1.29 is 12.8 Å². The smallest absolute Gasteiger partial charge is 0.191 e. The molecule has 0 bridgehead atoms. The molecule has 3 rings (SSSR count). The molecule has 0 spiro atoms. The highest BCUT2D eigenvalue weighted by atomic mass is 32.2. The molecule has 0 saturated heterocycles. The number of aliphatic imine (C=N–C) groups is 1. The summed E-state index contributed by atoms with van der Waals surface area (Å²) in [5, 5.41) is 7.54. The van der Waals surface area contributed by atoms with Crippen LogP contribution in [0, 0.1) is 12.7 Å². The van der Waals surface area contributed by atoms with Crippen LogP contribution in [0.15, 0.2) is 58.5 Å². The largest absolute Gasteiger partial charge is 0.361 e. The minimum Gasteiger partial charge on any atom is -0.361 e. The fourth-order valence-electron chi connectivity index (χ4n) is 3.31. The Balaban J connectivity index is 1.59. The van der Waals surface area contributed by atoms with Gasteiger partial charge in [0.25, 0.3) is 0 Å². The molecule has 0 amide bonds. The monoisotopic (exact) mass is 430 g/mol. The molecule has 0 aliphatic rings. The van der Waals surface area contributed by atoms with Crippen molar-refractivity contribution in [3.63, 3.8) is 0 Å². The molecule has 1 aromatic heterocycles. The number of nitrogens with zero attached hydrogens (tertiary/aromatic N) is 1. The predicted molar refractivity (Wildman–Crippen MR) is 119 cm³/mol. The normalized spacial score (nSPS) is 12.3. The first kappa shape index (κ1) is 21.8. The van der Waals surface area contributed by atoms with Crippen molar-refractivity contribution in [3.05, 3.63) is 65.6 Å². The number of guanidine groups is 1. The Hall–Kier alpha value is -2.87. The van der Waals surface area contributed by atoms with Crippen molar-refractivity contribution in [1.82, 2.24) is 15.6 Å². The number of aromatic amines is 1. The second kappa shape index (κ2) is 9.75. The van der Waals surface area contributed by atoms with Crippen molar-refractivity contribution in [2.75, 3.05) is 25.4 Å². The number of aryl methyl sites for hydroxylation is 1. The van der Waals surface area contributed by atoms with Crippen molar-refractivity contribution in [2.45, 2.75) is 25.2 Å². The summed E-state index contributed by atoms with van der Waals surface area (Å²) in [6.45, 7) is 5.35. The number of halogens is 1. The first-order chi connectivity index (χ1) is 14.4. The SMILES string of the molecule is CCNC(=NCCS(=O)(=O)c1ccccc1F)NCCc1c[nH]c2c(C)cccc12. The number of aromatic nitrogens is 1. The van der Waals surface area contributed by atoms with Gasteiger partial charge in [-0.3, -0.25) is 4.99 Å². The average Bonchev–Trinajstić information content (AvgIpc) is 3.12. The molecule has 0 atom stereocenters. The molecular weight excluding hydrogens is 403 g/mol. The van der Waals surface area contributed by atoms with Crippen LogP contribution >= 0.6 is 0 Å². The van der Waals surface area contributed by atoms with E-state index in [1.165, 1.54) is 34.7 Å². The van der Waals surface area contributed by atoms with E-state index in [0.717, 1.165) is 18.0 Å². The number of hydrogen-bond acceptors (Lipinski definition) is 3.